The highest BCUT2D eigenvalue weighted by molar-refractivity contribution is 7.71. The Morgan fingerprint density at radius 2 is 1.92 bits per heavy atom. The molecule has 0 radical (unpaired) electrons. The molecule has 1 amide bonds. The van der Waals surface area contributed by atoms with Crippen molar-refractivity contribution >= 4 is 18.1 Å². The fourth-order valence-electron chi connectivity index (χ4n) is 2.47. The zero-order valence-electron chi connectivity index (χ0n) is 14.0. The van der Waals surface area contributed by atoms with Crippen LogP contribution in [0.3, 0.4) is 0 Å². The van der Waals surface area contributed by atoms with Crippen molar-refractivity contribution in [2.45, 2.75) is 20.0 Å². The van der Waals surface area contributed by atoms with Crippen molar-refractivity contribution in [3.8, 4) is 5.75 Å². The van der Waals surface area contributed by atoms with Gasteiger partial charge in [0.25, 0.3) is 0 Å². The van der Waals surface area contributed by atoms with Crippen molar-refractivity contribution in [3.05, 3.63) is 65.0 Å². The van der Waals surface area contributed by atoms with E-state index in [1.54, 1.807) is 11.8 Å². The predicted molar refractivity (Wildman–Crippen MR) is 95.9 cm³/mol. The number of amides is 1. The molecule has 0 bridgehead atoms. The van der Waals surface area contributed by atoms with Crippen molar-refractivity contribution in [3.63, 3.8) is 0 Å². The molecule has 0 spiro atoms. The van der Waals surface area contributed by atoms with E-state index in [9.17, 15) is 4.79 Å². The summed E-state index contributed by atoms with van der Waals surface area (Å²) in [5.74, 6) is 1.35. The minimum atomic E-state index is -0.149. The third-order valence-corrected chi connectivity index (χ3v) is 4.12. The molecule has 8 heteroatoms. The quantitative estimate of drug-likeness (QED) is 0.687. The molecule has 3 aromatic rings. The van der Waals surface area contributed by atoms with Gasteiger partial charge in [0.05, 0.1) is 7.11 Å². The van der Waals surface area contributed by atoms with Crippen molar-refractivity contribution in [1.29, 1.82) is 0 Å². The lowest BCUT2D eigenvalue weighted by atomic mass is 10.2. The summed E-state index contributed by atoms with van der Waals surface area (Å²) in [6.07, 6.45) is 3.75. The minimum Gasteiger partial charge on any atom is -0.497 e. The van der Waals surface area contributed by atoms with Gasteiger partial charge < -0.3 is 10.1 Å². The van der Waals surface area contributed by atoms with Crippen LogP contribution >= 0.6 is 12.2 Å². The summed E-state index contributed by atoms with van der Waals surface area (Å²) in [5.41, 5.74) is 0.992. The normalized spacial score (nSPS) is 10.6. The van der Waals surface area contributed by atoms with E-state index in [-0.39, 0.29) is 12.5 Å². The molecule has 0 aliphatic rings. The Kier molecular flexibility index (Phi) is 4.99. The number of ether oxygens (including phenoxy) is 1. The minimum absolute atomic E-state index is 0.0735. The molecule has 1 aromatic carbocycles. The number of hydrogen-bond donors (Lipinski definition) is 1. The molecule has 7 nitrogen and oxygen atoms in total. The number of methoxy groups -OCH3 is 1. The first-order valence-corrected chi connectivity index (χ1v) is 8.19. The van der Waals surface area contributed by atoms with E-state index in [0.717, 1.165) is 11.3 Å². The molecule has 1 N–H and O–H groups in total. The summed E-state index contributed by atoms with van der Waals surface area (Å²) in [6, 6.07) is 11.4. The average molecular weight is 357 g/mol. The molecule has 2 aromatic heterocycles. The Hall–Kier alpha value is -2.87. The van der Waals surface area contributed by atoms with Gasteiger partial charge in [0.2, 0.25) is 10.7 Å². The number of nitrogens with one attached hydrogen (secondary N) is 1. The molecule has 0 fully saturated rings. The first-order chi connectivity index (χ1) is 12.1. The second-order valence-electron chi connectivity index (χ2n) is 5.49. The van der Waals surface area contributed by atoms with Gasteiger partial charge in [-0.2, -0.15) is 5.10 Å². The number of nitrogens with zero attached hydrogens (tertiary/aromatic N) is 4. The van der Waals surface area contributed by atoms with Crippen LogP contribution in [-0.2, 0) is 17.9 Å². The summed E-state index contributed by atoms with van der Waals surface area (Å²) in [6.45, 7) is 2.36. The van der Waals surface area contributed by atoms with Crippen LogP contribution in [0.2, 0.25) is 0 Å². The number of carbonyl (C=O) groups is 1. The van der Waals surface area contributed by atoms with Gasteiger partial charge >= 0.3 is 0 Å². The van der Waals surface area contributed by atoms with E-state index in [4.69, 9.17) is 17.0 Å². The lowest BCUT2D eigenvalue weighted by molar-refractivity contribution is -0.122. The largest absolute Gasteiger partial charge is 0.497 e. The molecule has 0 aliphatic heterocycles. The standard InChI is InChI=1S/C17H19N5O2S/c1-13-19-21(17(25)22(13)20-9-3-4-10-20)12-16(23)18-11-14-5-7-15(24-2)8-6-14/h3-10H,11-12H2,1-2H3,(H,18,23). The lowest BCUT2D eigenvalue weighted by Crippen LogP contribution is -2.27. The average Bonchev–Trinajstić information content (AvgIpc) is 3.22. The lowest BCUT2D eigenvalue weighted by Gasteiger charge is -2.07. The molecule has 130 valence electrons. The molecule has 0 saturated heterocycles. The van der Waals surface area contributed by atoms with E-state index in [0.29, 0.717) is 17.1 Å². The topological polar surface area (TPSA) is 66.0 Å². The maximum atomic E-state index is 12.2. The van der Waals surface area contributed by atoms with E-state index in [2.05, 4.69) is 10.4 Å². The fourth-order valence-corrected chi connectivity index (χ4v) is 2.80. The van der Waals surface area contributed by atoms with Crippen LogP contribution in [0.4, 0.5) is 0 Å². The Bertz CT molecular complexity index is 910. The first-order valence-electron chi connectivity index (χ1n) is 7.78. The monoisotopic (exact) mass is 357 g/mol. The van der Waals surface area contributed by atoms with E-state index < -0.39 is 0 Å². The summed E-state index contributed by atoms with van der Waals surface area (Å²) in [7, 11) is 1.62. The molecule has 0 aliphatic carbocycles. The second-order valence-corrected chi connectivity index (χ2v) is 5.85. The molecule has 2 heterocycles. The first kappa shape index (κ1) is 17.0. The summed E-state index contributed by atoms with van der Waals surface area (Å²) < 4.78 is 10.7. The number of carbonyl (C=O) groups excluding carboxylic acids is 1. The second kappa shape index (κ2) is 7.35. The van der Waals surface area contributed by atoms with Crippen LogP contribution in [0.1, 0.15) is 11.4 Å². The number of rotatable bonds is 6. The van der Waals surface area contributed by atoms with Crippen molar-refractivity contribution < 1.29 is 9.53 Å². The van der Waals surface area contributed by atoms with Crippen LogP contribution in [0.5, 0.6) is 5.75 Å². The summed E-state index contributed by atoms with van der Waals surface area (Å²) in [5, 5.41) is 7.23. The van der Waals surface area contributed by atoms with Gasteiger partial charge in [0.15, 0.2) is 0 Å². The molecule has 0 saturated carbocycles. The zero-order chi connectivity index (χ0) is 17.8. The maximum Gasteiger partial charge on any atom is 0.242 e. The third kappa shape index (κ3) is 3.80. The van der Waals surface area contributed by atoms with Crippen molar-refractivity contribution in [2.24, 2.45) is 0 Å². The van der Waals surface area contributed by atoms with Gasteiger partial charge in [0, 0.05) is 18.9 Å². The molecular formula is C17H19N5O2S. The zero-order valence-corrected chi connectivity index (χ0v) is 14.9. The summed E-state index contributed by atoms with van der Waals surface area (Å²) in [4.78, 5) is 12.2. The number of aryl methyl sites for hydroxylation is 1. The van der Waals surface area contributed by atoms with Gasteiger partial charge in [-0.15, -0.1) is 0 Å². The van der Waals surface area contributed by atoms with E-state index >= 15 is 0 Å². The molecule has 0 unspecified atom stereocenters. The predicted octanol–water partition coefficient (Wildman–Crippen LogP) is 2.16. The van der Waals surface area contributed by atoms with Crippen molar-refractivity contribution in [2.75, 3.05) is 7.11 Å². The Balaban J connectivity index is 1.65. The van der Waals surface area contributed by atoms with Crippen LogP contribution in [0.15, 0.2) is 48.8 Å². The number of benzene rings is 1. The van der Waals surface area contributed by atoms with Crippen LogP contribution in [-0.4, -0.2) is 32.1 Å². The fraction of sp³-hybridized carbons (Fsp3) is 0.235. The van der Waals surface area contributed by atoms with Gasteiger partial charge in [-0.1, -0.05) is 12.1 Å². The van der Waals surface area contributed by atoms with Gasteiger partial charge in [-0.25, -0.2) is 9.36 Å². The van der Waals surface area contributed by atoms with Gasteiger partial charge in [-0.3, -0.25) is 9.47 Å². The van der Waals surface area contributed by atoms with E-state index in [1.165, 1.54) is 4.68 Å². The maximum absolute atomic E-state index is 12.2. The Labute approximate surface area is 150 Å². The highest BCUT2D eigenvalue weighted by Crippen LogP contribution is 2.11. The van der Waals surface area contributed by atoms with Crippen LogP contribution in [0.25, 0.3) is 0 Å². The van der Waals surface area contributed by atoms with E-state index in [1.807, 2.05) is 60.4 Å². The highest BCUT2D eigenvalue weighted by atomic mass is 32.1. The molecule has 0 atom stereocenters. The molecule has 25 heavy (non-hydrogen) atoms. The Morgan fingerprint density at radius 3 is 2.56 bits per heavy atom. The third-order valence-electron chi connectivity index (χ3n) is 3.74. The number of hydrogen-bond acceptors (Lipinski definition) is 4. The Morgan fingerprint density at radius 1 is 1.24 bits per heavy atom. The highest BCUT2D eigenvalue weighted by Gasteiger charge is 2.11. The molecular weight excluding hydrogens is 338 g/mol. The smallest absolute Gasteiger partial charge is 0.242 e. The van der Waals surface area contributed by atoms with Gasteiger partial charge in [0.1, 0.15) is 18.1 Å². The SMILES string of the molecule is COc1ccc(CNC(=O)Cn2nc(C)n(-n3cccc3)c2=S)cc1. The molecule has 3 rings (SSSR count). The van der Waals surface area contributed by atoms with Crippen LogP contribution in [0, 0.1) is 11.7 Å². The summed E-state index contributed by atoms with van der Waals surface area (Å²) >= 11 is 5.43. The van der Waals surface area contributed by atoms with Crippen molar-refractivity contribution in [1.82, 2.24) is 24.4 Å². The number of aromatic nitrogens is 4. The van der Waals surface area contributed by atoms with Gasteiger partial charge in [-0.05, 0) is 49.0 Å². The van der Waals surface area contributed by atoms with Crippen LogP contribution < -0.4 is 10.1 Å².